The van der Waals surface area contributed by atoms with Gasteiger partial charge in [-0.3, -0.25) is 10.4 Å². The molecule has 4 heteroatoms. The number of hydrogen-bond donors (Lipinski definition) is 3. The number of H-pyrrole nitrogens is 1. The first-order valence-corrected chi connectivity index (χ1v) is 4.14. The van der Waals surface area contributed by atoms with Crippen molar-refractivity contribution in [3.63, 3.8) is 0 Å². The monoisotopic (exact) mass is 188 g/mol. The molecule has 0 bridgehead atoms. The Labute approximate surface area is 82.3 Å². The van der Waals surface area contributed by atoms with Gasteiger partial charge >= 0.3 is 0 Å². The molecule has 0 aliphatic rings. The summed E-state index contributed by atoms with van der Waals surface area (Å²) in [4.78, 5) is 6.69. The van der Waals surface area contributed by atoms with E-state index < -0.39 is 0 Å². The van der Waals surface area contributed by atoms with E-state index in [-0.39, 0.29) is 5.84 Å². The second-order valence-corrected chi connectivity index (χ2v) is 2.51. The summed E-state index contributed by atoms with van der Waals surface area (Å²) in [6.45, 7) is 0. The lowest BCUT2D eigenvalue weighted by atomic mass is 10.3. The van der Waals surface area contributed by atoms with Gasteiger partial charge in [0.2, 0.25) is 0 Å². The minimum Gasteiger partial charge on any atom is -0.382 e. The van der Waals surface area contributed by atoms with Crippen molar-refractivity contribution in [1.82, 2.24) is 9.97 Å². The molecule has 0 radical (unpaired) electrons. The van der Waals surface area contributed by atoms with Crippen LogP contribution < -0.4 is 5.73 Å². The van der Waals surface area contributed by atoms with Crippen molar-refractivity contribution in [3.05, 3.63) is 54.6 Å². The number of nitrogens with one attached hydrogen (secondary N) is 2. The first-order valence-electron chi connectivity index (χ1n) is 4.14. The van der Waals surface area contributed by atoms with E-state index in [1.54, 1.807) is 24.4 Å². The van der Waals surface area contributed by atoms with Crippen LogP contribution in [0, 0.1) is 5.41 Å². The van der Waals surface area contributed by atoms with Gasteiger partial charge in [-0.05, 0) is 24.3 Å². The zero-order valence-electron chi connectivity index (χ0n) is 7.64. The van der Waals surface area contributed by atoms with Crippen LogP contribution in [0.25, 0.3) is 0 Å². The molecule has 4 N–H and O–H groups in total. The van der Waals surface area contributed by atoms with Crippen molar-refractivity contribution in [2.24, 2.45) is 5.73 Å². The maximum absolute atomic E-state index is 6.95. The van der Waals surface area contributed by atoms with E-state index >= 15 is 0 Å². The van der Waals surface area contributed by atoms with E-state index in [0.717, 1.165) is 0 Å². The van der Waals surface area contributed by atoms with Crippen molar-refractivity contribution in [2.75, 3.05) is 0 Å². The van der Waals surface area contributed by atoms with Gasteiger partial charge in [-0.1, -0.05) is 6.07 Å². The maximum atomic E-state index is 6.95. The normalized spacial score (nSPS) is 8.57. The fraction of sp³-hybridized carbons (Fsp3) is 0. The number of aromatic amines is 1. The smallest absolute Gasteiger partial charge is 0.141 e. The highest BCUT2D eigenvalue weighted by Crippen LogP contribution is 1.88. The van der Waals surface area contributed by atoms with Gasteiger partial charge in [0.15, 0.2) is 0 Å². The number of nitrogens with zero attached hydrogens (tertiary/aromatic N) is 1. The molecule has 0 saturated heterocycles. The summed E-state index contributed by atoms with van der Waals surface area (Å²) in [6.07, 6.45) is 5.36. The first kappa shape index (κ1) is 9.98. The van der Waals surface area contributed by atoms with E-state index in [1.165, 1.54) is 0 Å². The number of aromatic nitrogens is 2. The van der Waals surface area contributed by atoms with Crippen molar-refractivity contribution in [3.8, 4) is 0 Å². The molecule has 0 aliphatic carbocycles. The van der Waals surface area contributed by atoms with E-state index in [4.69, 9.17) is 11.1 Å². The lowest BCUT2D eigenvalue weighted by molar-refractivity contribution is 1.26. The fourth-order valence-electron chi connectivity index (χ4n) is 0.800. The highest BCUT2D eigenvalue weighted by Gasteiger charge is 1.91. The quantitative estimate of drug-likeness (QED) is 0.467. The lowest BCUT2D eigenvalue weighted by Crippen LogP contribution is -2.12. The molecular weight excluding hydrogens is 176 g/mol. The summed E-state index contributed by atoms with van der Waals surface area (Å²) < 4.78 is 0. The lowest BCUT2D eigenvalue weighted by Gasteiger charge is -1.91. The average molecular weight is 188 g/mol. The molecule has 2 aromatic heterocycles. The van der Waals surface area contributed by atoms with Crippen LogP contribution in [0.1, 0.15) is 5.69 Å². The van der Waals surface area contributed by atoms with Crippen molar-refractivity contribution in [2.45, 2.75) is 0 Å². The summed E-state index contributed by atoms with van der Waals surface area (Å²) >= 11 is 0. The van der Waals surface area contributed by atoms with Gasteiger partial charge in [-0.15, -0.1) is 0 Å². The fourth-order valence-corrected chi connectivity index (χ4v) is 0.800. The Balaban J connectivity index is 0.000000165. The van der Waals surface area contributed by atoms with Crippen LogP contribution >= 0.6 is 0 Å². The van der Waals surface area contributed by atoms with Crippen molar-refractivity contribution >= 4 is 5.84 Å². The molecule has 0 aliphatic heterocycles. The molecule has 0 unspecified atom stereocenters. The van der Waals surface area contributed by atoms with Gasteiger partial charge < -0.3 is 10.7 Å². The Kier molecular flexibility index (Phi) is 3.94. The van der Waals surface area contributed by atoms with Gasteiger partial charge in [0.05, 0.1) is 0 Å². The summed E-state index contributed by atoms with van der Waals surface area (Å²) in [6, 6.07) is 9.17. The minimum atomic E-state index is 0.00981. The second-order valence-electron chi connectivity index (χ2n) is 2.51. The molecule has 0 saturated carbocycles. The summed E-state index contributed by atoms with van der Waals surface area (Å²) in [5.74, 6) is 0.00981. The van der Waals surface area contributed by atoms with Crippen LogP contribution in [-0.4, -0.2) is 15.8 Å². The minimum absolute atomic E-state index is 0.00981. The third kappa shape index (κ3) is 3.53. The highest BCUT2D eigenvalue weighted by molar-refractivity contribution is 5.92. The highest BCUT2D eigenvalue weighted by atomic mass is 14.8. The third-order valence-corrected chi connectivity index (χ3v) is 1.44. The average Bonchev–Trinajstić information content (AvgIpc) is 2.77. The van der Waals surface area contributed by atoms with Crippen molar-refractivity contribution in [1.29, 1.82) is 5.41 Å². The molecule has 0 aromatic carbocycles. The number of nitrogens with two attached hydrogens (primary N) is 1. The number of rotatable bonds is 1. The zero-order valence-corrected chi connectivity index (χ0v) is 7.64. The molecule has 0 atom stereocenters. The number of hydrogen-bond acceptors (Lipinski definition) is 2. The van der Waals surface area contributed by atoms with Gasteiger partial charge in [-0.2, -0.15) is 0 Å². The van der Waals surface area contributed by atoms with E-state index in [0.29, 0.717) is 5.69 Å². The zero-order chi connectivity index (χ0) is 10.2. The SMILES string of the molecule is N=C(N)c1ccccn1.c1cc[nH]c1. The van der Waals surface area contributed by atoms with Crippen LogP contribution in [0.5, 0.6) is 0 Å². The molecule has 14 heavy (non-hydrogen) atoms. The van der Waals surface area contributed by atoms with Crippen LogP contribution in [0.4, 0.5) is 0 Å². The molecule has 2 rings (SSSR count). The van der Waals surface area contributed by atoms with E-state index in [2.05, 4.69) is 9.97 Å². The summed E-state index contributed by atoms with van der Waals surface area (Å²) in [5, 5.41) is 6.95. The van der Waals surface area contributed by atoms with Crippen molar-refractivity contribution < 1.29 is 0 Å². The molecule has 0 fully saturated rings. The van der Waals surface area contributed by atoms with Gasteiger partial charge in [0.1, 0.15) is 11.5 Å². The molecule has 2 aromatic rings. The predicted octanol–water partition coefficient (Wildman–Crippen LogP) is 1.38. The summed E-state index contributed by atoms with van der Waals surface area (Å²) in [5.41, 5.74) is 5.66. The van der Waals surface area contributed by atoms with Gasteiger partial charge in [0.25, 0.3) is 0 Å². The Hall–Kier alpha value is -2.10. The standard InChI is InChI=1S/C6H7N3.C4H5N/c7-6(8)5-3-1-2-4-9-5;1-2-4-5-3-1/h1-4H,(H3,7,8);1-5H. The number of amidine groups is 1. The Morgan fingerprint density at radius 3 is 2.21 bits per heavy atom. The Morgan fingerprint density at radius 1 is 1.21 bits per heavy atom. The number of nitrogen functional groups attached to an aromatic ring is 1. The molecule has 0 amide bonds. The molecule has 4 nitrogen and oxygen atoms in total. The van der Waals surface area contributed by atoms with Crippen LogP contribution in [0.3, 0.4) is 0 Å². The van der Waals surface area contributed by atoms with Gasteiger partial charge in [-0.25, -0.2) is 0 Å². The predicted molar refractivity (Wildman–Crippen MR) is 56.0 cm³/mol. The van der Waals surface area contributed by atoms with Gasteiger partial charge in [0, 0.05) is 18.6 Å². The number of pyridine rings is 1. The molecule has 72 valence electrons. The first-order chi connectivity index (χ1) is 6.80. The van der Waals surface area contributed by atoms with Crippen LogP contribution in [0.15, 0.2) is 48.9 Å². The topological polar surface area (TPSA) is 78.6 Å². The van der Waals surface area contributed by atoms with E-state index in [9.17, 15) is 0 Å². The van der Waals surface area contributed by atoms with Crippen LogP contribution in [0.2, 0.25) is 0 Å². The maximum Gasteiger partial charge on any atom is 0.141 e. The second kappa shape index (κ2) is 5.53. The third-order valence-electron chi connectivity index (χ3n) is 1.44. The Bertz CT molecular complexity index is 336. The molecule has 0 spiro atoms. The molecule has 2 heterocycles. The molecular formula is C10H12N4. The van der Waals surface area contributed by atoms with Crippen LogP contribution in [-0.2, 0) is 0 Å². The summed E-state index contributed by atoms with van der Waals surface area (Å²) in [7, 11) is 0. The van der Waals surface area contributed by atoms with E-state index in [1.807, 2.05) is 24.5 Å². The Morgan fingerprint density at radius 2 is 1.93 bits per heavy atom. The largest absolute Gasteiger partial charge is 0.382 e.